The van der Waals surface area contributed by atoms with Crippen molar-refractivity contribution in [2.45, 2.75) is 6.92 Å². The standard InChI is InChI=1S/C10H9BrN2O2/c1-2-15-10(14)6-3-7-5-12-13-9(7)8(11)4-6/h3-5H,2H2,1H3,(H,12,13). The van der Waals surface area contributed by atoms with Crippen LogP contribution in [0.1, 0.15) is 17.3 Å². The molecule has 0 aliphatic rings. The Balaban J connectivity index is 2.49. The predicted octanol–water partition coefficient (Wildman–Crippen LogP) is 2.50. The molecule has 5 heteroatoms. The largest absolute Gasteiger partial charge is 0.462 e. The first-order valence-electron chi connectivity index (χ1n) is 4.52. The SMILES string of the molecule is CCOC(=O)c1cc(Br)c2[nH]ncc2c1. The van der Waals surface area contributed by atoms with E-state index in [-0.39, 0.29) is 5.97 Å². The van der Waals surface area contributed by atoms with Gasteiger partial charge in [-0.05, 0) is 35.0 Å². The summed E-state index contributed by atoms with van der Waals surface area (Å²) in [6.07, 6.45) is 1.67. The summed E-state index contributed by atoms with van der Waals surface area (Å²) in [7, 11) is 0. The molecule has 0 saturated heterocycles. The van der Waals surface area contributed by atoms with Gasteiger partial charge in [0.25, 0.3) is 0 Å². The number of esters is 1. The number of hydrogen-bond donors (Lipinski definition) is 1. The van der Waals surface area contributed by atoms with Gasteiger partial charge in [-0.25, -0.2) is 4.79 Å². The number of nitrogens with zero attached hydrogens (tertiary/aromatic N) is 1. The molecule has 0 unspecified atom stereocenters. The molecule has 1 aromatic carbocycles. The number of ether oxygens (including phenoxy) is 1. The fraction of sp³-hybridized carbons (Fsp3) is 0.200. The highest BCUT2D eigenvalue weighted by Gasteiger charge is 2.10. The topological polar surface area (TPSA) is 55.0 Å². The molecule has 0 saturated carbocycles. The molecule has 2 aromatic rings. The first-order valence-corrected chi connectivity index (χ1v) is 5.31. The van der Waals surface area contributed by atoms with Crippen molar-refractivity contribution >= 4 is 32.8 Å². The second kappa shape index (κ2) is 4.02. The molecule has 4 nitrogen and oxygen atoms in total. The van der Waals surface area contributed by atoms with Gasteiger partial charge in [-0.1, -0.05) is 0 Å². The zero-order chi connectivity index (χ0) is 10.8. The summed E-state index contributed by atoms with van der Waals surface area (Å²) in [6, 6.07) is 3.47. The number of rotatable bonds is 2. The van der Waals surface area contributed by atoms with E-state index in [1.807, 2.05) is 0 Å². The Kier molecular flexibility index (Phi) is 2.73. The molecule has 1 N–H and O–H groups in total. The van der Waals surface area contributed by atoms with E-state index in [1.54, 1.807) is 25.3 Å². The number of carbonyl (C=O) groups is 1. The molecule has 0 atom stereocenters. The quantitative estimate of drug-likeness (QED) is 0.852. The zero-order valence-corrected chi connectivity index (χ0v) is 9.67. The number of benzene rings is 1. The molecular weight excluding hydrogens is 260 g/mol. The summed E-state index contributed by atoms with van der Waals surface area (Å²) >= 11 is 3.37. The molecule has 1 heterocycles. The normalized spacial score (nSPS) is 10.5. The first-order chi connectivity index (χ1) is 7.22. The van der Waals surface area contributed by atoms with Crippen LogP contribution in [0.3, 0.4) is 0 Å². The van der Waals surface area contributed by atoms with Crippen molar-refractivity contribution in [3.63, 3.8) is 0 Å². The molecule has 0 spiro atoms. The molecule has 0 radical (unpaired) electrons. The lowest BCUT2D eigenvalue weighted by Crippen LogP contribution is -2.04. The van der Waals surface area contributed by atoms with E-state index in [1.165, 1.54) is 0 Å². The maximum absolute atomic E-state index is 11.5. The first kappa shape index (κ1) is 10.2. The molecule has 15 heavy (non-hydrogen) atoms. The highest BCUT2D eigenvalue weighted by atomic mass is 79.9. The third-order valence-corrected chi connectivity index (χ3v) is 2.64. The van der Waals surface area contributed by atoms with E-state index in [4.69, 9.17) is 4.74 Å². The summed E-state index contributed by atoms with van der Waals surface area (Å²) < 4.78 is 5.72. The van der Waals surface area contributed by atoms with Gasteiger partial charge < -0.3 is 4.74 Å². The third kappa shape index (κ3) is 1.87. The molecule has 0 aliphatic carbocycles. The minimum atomic E-state index is -0.318. The predicted molar refractivity (Wildman–Crippen MR) is 59.8 cm³/mol. The summed E-state index contributed by atoms with van der Waals surface area (Å²) in [5.41, 5.74) is 1.40. The average Bonchev–Trinajstić information content (AvgIpc) is 2.66. The van der Waals surface area contributed by atoms with Gasteiger partial charge in [0.15, 0.2) is 0 Å². The lowest BCUT2D eigenvalue weighted by atomic mass is 10.1. The van der Waals surface area contributed by atoms with Crippen LogP contribution in [0.2, 0.25) is 0 Å². The number of nitrogens with one attached hydrogen (secondary N) is 1. The maximum Gasteiger partial charge on any atom is 0.338 e. The number of carbonyl (C=O) groups excluding carboxylic acids is 1. The second-order valence-electron chi connectivity index (χ2n) is 3.01. The average molecular weight is 269 g/mol. The van der Waals surface area contributed by atoms with Crippen LogP contribution in [-0.4, -0.2) is 22.8 Å². The van der Waals surface area contributed by atoms with Crippen molar-refractivity contribution in [1.29, 1.82) is 0 Å². The fourth-order valence-corrected chi connectivity index (χ4v) is 1.91. The van der Waals surface area contributed by atoms with E-state index >= 15 is 0 Å². The Morgan fingerprint density at radius 1 is 1.60 bits per heavy atom. The van der Waals surface area contributed by atoms with Gasteiger partial charge in [0.2, 0.25) is 0 Å². The Hall–Kier alpha value is -1.36. The molecule has 0 amide bonds. The minimum absolute atomic E-state index is 0.318. The third-order valence-electron chi connectivity index (χ3n) is 2.01. The maximum atomic E-state index is 11.5. The minimum Gasteiger partial charge on any atom is -0.462 e. The number of fused-ring (bicyclic) bond motifs is 1. The van der Waals surface area contributed by atoms with E-state index in [0.717, 1.165) is 15.4 Å². The molecule has 0 aliphatic heterocycles. The van der Waals surface area contributed by atoms with Gasteiger partial charge in [0, 0.05) is 9.86 Å². The van der Waals surface area contributed by atoms with Crippen LogP contribution >= 0.6 is 15.9 Å². The Morgan fingerprint density at radius 2 is 2.40 bits per heavy atom. The van der Waals surface area contributed by atoms with Crippen molar-refractivity contribution in [3.05, 3.63) is 28.4 Å². The highest BCUT2D eigenvalue weighted by Crippen LogP contribution is 2.24. The van der Waals surface area contributed by atoms with Gasteiger partial charge in [-0.15, -0.1) is 0 Å². The lowest BCUT2D eigenvalue weighted by Gasteiger charge is -2.02. The van der Waals surface area contributed by atoms with Crippen LogP contribution in [0.4, 0.5) is 0 Å². The van der Waals surface area contributed by atoms with Gasteiger partial charge in [-0.2, -0.15) is 5.10 Å². The van der Waals surface area contributed by atoms with Gasteiger partial charge in [0.05, 0.1) is 23.9 Å². The molecule has 1 aromatic heterocycles. The van der Waals surface area contributed by atoms with Crippen LogP contribution in [0, 0.1) is 0 Å². The van der Waals surface area contributed by atoms with Crippen molar-refractivity contribution in [3.8, 4) is 0 Å². The number of hydrogen-bond acceptors (Lipinski definition) is 3. The summed E-state index contributed by atoms with van der Waals surface area (Å²) in [4.78, 5) is 11.5. The second-order valence-corrected chi connectivity index (χ2v) is 3.87. The summed E-state index contributed by atoms with van der Waals surface area (Å²) in [6.45, 7) is 2.16. The van der Waals surface area contributed by atoms with Gasteiger partial charge >= 0.3 is 5.97 Å². The molecule has 0 fully saturated rings. The Bertz CT molecular complexity index is 507. The fourth-order valence-electron chi connectivity index (χ4n) is 1.35. The van der Waals surface area contributed by atoms with Gasteiger partial charge in [0.1, 0.15) is 0 Å². The van der Waals surface area contributed by atoms with E-state index in [2.05, 4.69) is 26.1 Å². The van der Waals surface area contributed by atoms with E-state index in [0.29, 0.717) is 12.2 Å². The van der Waals surface area contributed by atoms with Crippen LogP contribution in [0.5, 0.6) is 0 Å². The van der Waals surface area contributed by atoms with E-state index < -0.39 is 0 Å². The molecule has 2 rings (SSSR count). The van der Waals surface area contributed by atoms with E-state index in [9.17, 15) is 4.79 Å². The lowest BCUT2D eigenvalue weighted by molar-refractivity contribution is 0.0526. The highest BCUT2D eigenvalue weighted by molar-refractivity contribution is 9.10. The van der Waals surface area contributed by atoms with Crippen LogP contribution < -0.4 is 0 Å². The smallest absolute Gasteiger partial charge is 0.338 e. The summed E-state index contributed by atoms with van der Waals surface area (Å²) in [5, 5.41) is 7.62. The van der Waals surface area contributed by atoms with Crippen molar-refractivity contribution in [2.75, 3.05) is 6.61 Å². The molecule has 78 valence electrons. The molecule has 0 bridgehead atoms. The Labute approximate surface area is 94.7 Å². The van der Waals surface area contributed by atoms with Crippen molar-refractivity contribution in [2.24, 2.45) is 0 Å². The molecular formula is C10H9BrN2O2. The van der Waals surface area contributed by atoms with Gasteiger partial charge in [-0.3, -0.25) is 5.10 Å². The number of aromatic amines is 1. The van der Waals surface area contributed by atoms with Crippen LogP contribution in [-0.2, 0) is 4.74 Å². The zero-order valence-electron chi connectivity index (χ0n) is 8.08. The monoisotopic (exact) mass is 268 g/mol. The van der Waals surface area contributed by atoms with Crippen LogP contribution in [0.15, 0.2) is 22.8 Å². The summed E-state index contributed by atoms with van der Waals surface area (Å²) in [5.74, 6) is -0.318. The number of halogens is 1. The van der Waals surface area contributed by atoms with Crippen molar-refractivity contribution < 1.29 is 9.53 Å². The number of H-pyrrole nitrogens is 1. The number of aromatic nitrogens is 2. The Morgan fingerprint density at radius 3 is 3.13 bits per heavy atom. The van der Waals surface area contributed by atoms with Crippen molar-refractivity contribution in [1.82, 2.24) is 10.2 Å². The van der Waals surface area contributed by atoms with Crippen LogP contribution in [0.25, 0.3) is 10.9 Å².